The summed E-state index contributed by atoms with van der Waals surface area (Å²) >= 11 is 0. The van der Waals surface area contributed by atoms with Crippen LogP contribution in [0.3, 0.4) is 0 Å². The van der Waals surface area contributed by atoms with Crippen LogP contribution in [0.4, 0.5) is 30.2 Å². The smallest absolute Gasteiger partial charge is 0.325 e. The molecule has 0 radical (unpaired) electrons. The van der Waals surface area contributed by atoms with Gasteiger partial charge in [0.05, 0.1) is 22.9 Å². The molecule has 162 valence electrons. The Morgan fingerprint density at radius 2 is 1.94 bits per heavy atom. The molecule has 1 aliphatic carbocycles. The van der Waals surface area contributed by atoms with Gasteiger partial charge in [0.15, 0.2) is 0 Å². The van der Waals surface area contributed by atoms with Crippen LogP contribution in [-0.4, -0.2) is 24.1 Å². The van der Waals surface area contributed by atoms with Gasteiger partial charge in [-0.3, -0.25) is 14.6 Å². The van der Waals surface area contributed by atoms with E-state index in [1.165, 1.54) is 17.0 Å². The van der Waals surface area contributed by atoms with Gasteiger partial charge in [0.1, 0.15) is 6.54 Å². The Labute approximate surface area is 178 Å². The molecule has 0 spiro atoms. The van der Waals surface area contributed by atoms with E-state index in [9.17, 15) is 22.8 Å². The van der Waals surface area contributed by atoms with Gasteiger partial charge in [-0.15, -0.1) is 0 Å². The third kappa shape index (κ3) is 4.19. The van der Waals surface area contributed by atoms with E-state index in [-0.39, 0.29) is 24.1 Å². The van der Waals surface area contributed by atoms with Crippen molar-refractivity contribution in [3.8, 4) is 0 Å². The highest BCUT2D eigenvalue weighted by Crippen LogP contribution is 2.39. The summed E-state index contributed by atoms with van der Waals surface area (Å²) in [4.78, 5) is 32.2. The molecular weight excluding hydrogens is 407 g/mol. The van der Waals surface area contributed by atoms with Crippen molar-refractivity contribution in [1.82, 2.24) is 0 Å². The molecule has 1 atom stereocenters. The zero-order valence-electron chi connectivity index (χ0n) is 17.2. The summed E-state index contributed by atoms with van der Waals surface area (Å²) in [7, 11) is 0. The highest BCUT2D eigenvalue weighted by molar-refractivity contribution is 6.17. The molecule has 0 saturated heterocycles. The number of nitrogens with zero attached hydrogens (tertiary/aromatic N) is 2. The van der Waals surface area contributed by atoms with Gasteiger partial charge in [0.2, 0.25) is 11.8 Å². The molecule has 1 N–H and O–H groups in total. The maximum absolute atomic E-state index is 13.3. The summed E-state index contributed by atoms with van der Waals surface area (Å²) < 4.78 is 38.9. The molecule has 0 aromatic heterocycles. The average Bonchev–Trinajstić information content (AvgIpc) is 3.13. The number of alkyl halides is 3. The quantitative estimate of drug-likeness (QED) is 0.731. The van der Waals surface area contributed by atoms with E-state index in [1.807, 2.05) is 26.0 Å². The van der Waals surface area contributed by atoms with E-state index in [4.69, 9.17) is 4.99 Å². The van der Waals surface area contributed by atoms with Crippen molar-refractivity contribution in [2.45, 2.75) is 39.3 Å². The summed E-state index contributed by atoms with van der Waals surface area (Å²) in [5, 5.41) is 2.49. The van der Waals surface area contributed by atoms with Crippen molar-refractivity contribution < 1.29 is 22.8 Å². The molecule has 1 heterocycles. The first-order valence-electron chi connectivity index (χ1n) is 10.1. The number of benzene rings is 2. The number of aryl methyl sites for hydroxylation is 2. The van der Waals surface area contributed by atoms with E-state index in [2.05, 4.69) is 5.32 Å². The molecule has 2 aromatic rings. The molecule has 0 unspecified atom stereocenters. The summed E-state index contributed by atoms with van der Waals surface area (Å²) in [6.07, 6.45) is -2.23. The summed E-state index contributed by atoms with van der Waals surface area (Å²) in [5.41, 5.74) is 3.19. The zero-order valence-corrected chi connectivity index (χ0v) is 17.2. The highest BCUT2D eigenvalue weighted by Gasteiger charge is 2.37. The van der Waals surface area contributed by atoms with E-state index in [0.29, 0.717) is 17.8 Å². The SMILES string of the molecule is Cc1cc2c(cc1C)N(CC(=O)Nc1cccc(C(F)(F)F)c1)C(=O)[C@@H]1CCCC1=N2. The first kappa shape index (κ1) is 21.1. The Morgan fingerprint density at radius 3 is 2.68 bits per heavy atom. The van der Waals surface area contributed by atoms with Crippen LogP contribution in [-0.2, 0) is 15.8 Å². The largest absolute Gasteiger partial charge is 0.416 e. The van der Waals surface area contributed by atoms with Crippen molar-refractivity contribution in [2.24, 2.45) is 10.9 Å². The van der Waals surface area contributed by atoms with Gasteiger partial charge < -0.3 is 10.2 Å². The minimum absolute atomic E-state index is 0.0280. The fraction of sp³-hybridized carbons (Fsp3) is 0.348. The molecule has 2 aromatic carbocycles. The number of hydrogen-bond acceptors (Lipinski definition) is 3. The molecule has 1 saturated carbocycles. The average molecular weight is 429 g/mol. The van der Waals surface area contributed by atoms with Crippen molar-refractivity contribution in [1.29, 1.82) is 0 Å². The Hall–Kier alpha value is -3.16. The highest BCUT2D eigenvalue weighted by atomic mass is 19.4. The number of anilines is 2. The lowest BCUT2D eigenvalue weighted by Crippen LogP contribution is -2.42. The molecule has 8 heteroatoms. The maximum atomic E-state index is 13.3. The number of nitrogens with one attached hydrogen (secondary N) is 1. The number of hydrogen-bond donors (Lipinski definition) is 1. The lowest BCUT2D eigenvalue weighted by molar-refractivity contribution is -0.137. The lowest BCUT2D eigenvalue weighted by atomic mass is 10.0. The standard InChI is InChI=1S/C23H22F3N3O2/c1-13-9-19-20(10-14(13)2)29(22(31)17-7-4-8-18(17)28-19)12-21(30)27-16-6-3-5-15(11-16)23(24,25)26/h3,5-6,9-11,17H,4,7-8,12H2,1-2H3,(H,27,30)/t17-/m1/s1. The fourth-order valence-electron chi connectivity index (χ4n) is 4.06. The molecular formula is C23H22F3N3O2. The molecule has 5 nitrogen and oxygen atoms in total. The third-order valence-electron chi connectivity index (χ3n) is 5.81. The minimum atomic E-state index is -4.51. The topological polar surface area (TPSA) is 61.8 Å². The summed E-state index contributed by atoms with van der Waals surface area (Å²) in [6, 6.07) is 8.18. The number of fused-ring (bicyclic) bond motifs is 2. The molecule has 4 rings (SSSR count). The van der Waals surface area contributed by atoms with E-state index in [1.54, 1.807) is 0 Å². The Balaban J connectivity index is 1.63. The van der Waals surface area contributed by atoms with Crippen molar-refractivity contribution in [3.05, 3.63) is 53.1 Å². The van der Waals surface area contributed by atoms with E-state index >= 15 is 0 Å². The van der Waals surface area contributed by atoms with Crippen molar-refractivity contribution >= 4 is 34.6 Å². The Kier molecular flexibility index (Phi) is 5.33. The molecule has 1 aliphatic heterocycles. The second kappa shape index (κ2) is 7.83. The Bertz CT molecular complexity index is 1090. The van der Waals surface area contributed by atoms with E-state index in [0.717, 1.165) is 41.8 Å². The maximum Gasteiger partial charge on any atom is 0.416 e. The van der Waals surface area contributed by atoms with Crippen molar-refractivity contribution in [3.63, 3.8) is 0 Å². The normalized spacial score (nSPS) is 18.2. The Morgan fingerprint density at radius 1 is 1.19 bits per heavy atom. The van der Waals surface area contributed by atoms with E-state index < -0.39 is 17.6 Å². The van der Waals surface area contributed by atoms with Crippen LogP contribution in [0.25, 0.3) is 0 Å². The van der Waals surface area contributed by atoms with Crippen LogP contribution < -0.4 is 10.2 Å². The first-order chi connectivity index (χ1) is 14.6. The molecule has 2 amide bonds. The molecule has 1 fully saturated rings. The van der Waals surface area contributed by atoms with Gasteiger partial charge in [-0.2, -0.15) is 13.2 Å². The first-order valence-corrected chi connectivity index (χ1v) is 10.1. The summed E-state index contributed by atoms with van der Waals surface area (Å²) in [5.74, 6) is -1.13. The van der Waals surface area contributed by atoms with Crippen LogP contribution in [0.2, 0.25) is 0 Å². The predicted octanol–water partition coefficient (Wildman–Crippen LogP) is 5.18. The van der Waals surface area contributed by atoms with Gasteiger partial charge in [-0.25, -0.2) is 0 Å². The van der Waals surface area contributed by atoms with Gasteiger partial charge in [-0.05, 0) is 74.6 Å². The van der Waals surface area contributed by atoms with Crippen LogP contribution in [0.5, 0.6) is 0 Å². The molecule has 0 bridgehead atoms. The van der Waals surface area contributed by atoms with Crippen LogP contribution in [0.1, 0.15) is 36.0 Å². The number of aliphatic imine (C=N–C) groups is 1. The summed E-state index contributed by atoms with van der Waals surface area (Å²) in [6.45, 7) is 3.57. The van der Waals surface area contributed by atoms with Crippen LogP contribution >= 0.6 is 0 Å². The lowest BCUT2D eigenvalue weighted by Gasteiger charge is -2.25. The van der Waals surface area contributed by atoms with Crippen LogP contribution in [0.15, 0.2) is 41.4 Å². The molecule has 2 aliphatic rings. The fourth-order valence-corrected chi connectivity index (χ4v) is 4.06. The number of carbonyl (C=O) groups excluding carboxylic acids is 2. The van der Waals surface area contributed by atoms with Crippen molar-refractivity contribution in [2.75, 3.05) is 16.8 Å². The third-order valence-corrected chi connectivity index (χ3v) is 5.81. The number of carbonyl (C=O) groups is 2. The monoisotopic (exact) mass is 429 g/mol. The minimum Gasteiger partial charge on any atom is -0.325 e. The van der Waals surface area contributed by atoms with Gasteiger partial charge in [-0.1, -0.05) is 6.07 Å². The number of rotatable bonds is 3. The zero-order chi connectivity index (χ0) is 22.3. The predicted molar refractivity (Wildman–Crippen MR) is 113 cm³/mol. The van der Waals surface area contributed by atoms with Gasteiger partial charge in [0, 0.05) is 11.4 Å². The second-order valence-electron chi connectivity index (χ2n) is 8.02. The molecule has 31 heavy (non-hydrogen) atoms. The number of halogens is 3. The second-order valence-corrected chi connectivity index (χ2v) is 8.02. The van der Waals surface area contributed by atoms with Gasteiger partial charge >= 0.3 is 6.18 Å². The number of amides is 2. The van der Waals surface area contributed by atoms with Gasteiger partial charge in [0.25, 0.3) is 0 Å². The van der Waals surface area contributed by atoms with Crippen LogP contribution in [0, 0.1) is 19.8 Å².